The molecule has 0 aliphatic carbocycles. The van der Waals surface area contributed by atoms with Crippen LogP contribution in [0.1, 0.15) is 296 Å². The minimum atomic E-state index is -0.778. The van der Waals surface area contributed by atoms with Crippen molar-refractivity contribution in [2.75, 3.05) is 13.2 Å². The van der Waals surface area contributed by atoms with Gasteiger partial charge in [0, 0.05) is 12.8 Å². The molecule has 72 heavy (non-hydrogen) atoms. The molecule has 1 N–H and O–H groups in total. The molecule has 0 spiro atoms. The van der Waals surface area contributed by atoms with Crippen LogP contribution in [0.25, 0.3) is 0 Å². The molecule has 1 unspecified atom stereocenters. The van der Waals surface area contributed by atoms with Crippen molar-refractivity contribution in [3.63, 3.8) is 0 Å². The van der Waals surface area contributed by atoms with Crippen molar-refractivity contribution in [1.29, 1.82) is 0 Å². The number of aliphatic hydroxyl groups excluding tert-OH is 1. The number of hydrogen-bond donors (Lipinski definition) is 1. The zero-order valence-electron chi connectivity index (χ0n) is 47.4. The number of rotatable bonds is 56. The van der Waals surface area contributed by atoms with Gasteiger partial charge < -0.3 is 14.6 Å². The molecule has 0 radical (unpaired) electrons. The molecule has 0 fully saturated rings. The van der Waals surface area contributed by atoms with E-state index in [0.717, 1.165) is 83.5 Å². The van der Waals surface area contributed by atoms with Crippen LogP contribution in [0.4, 0.5) is 0 Å². The van der Waals surface area contributed by atoms with Crippen LogP contribution in [0.5, 0.6) is 0 Å². The van der Waals surface area contributed by atoms with E-state index in [4.69, 9.17) is 9.47 Å². The molecule has 0 aromatic rings. The molecule has 0 rings (SSSR count). The Hall–Kier alpha value is -3.18. The van der Waals surface area contributed by atoms with Gasteiger partial charge in [0.25, 0.3) is 0 Å². The molecule has 0 aliphatic rings. The van der Waals surface area contributed by atoms with Crippen molar-refractivity contribution in [3.05, 3.63) is 97.2 Å². The summed E-state index contributed by atoms with van der Waals surface area (Å²) in [6, 6.07) is 0. The second-order valence-corrected chi connectivity index (χ2v) is 20.4. The Labute approximate surface area is 447 Å². The van der Waals surface area contributed by atoms with Crippen molar-refractivity contribution in [1.82, 2.24) is 0 Å². The molecule has 0 heterocycles. The molecular formula is C67H116O5. The van der Waals surface area contributed by atoms with Gasteiger partial charge in [0.2, 0.25) is 0 Å². The molecule has 1 atom stereocenters. The Morgan fingerprint density at radius 1 is 0.333 bits per heavy atom. The summed E-state index contributed by atoms with van der Waals surface area (Å²) in [5.41, 5.74) is 0. The summed E-state index contributed by atoms with van der Waals surface area (Å²) in [6.07, 6.45) is 88.2. The highest BCUT2D eigenvalue weighted by Crippen LogP contribution is 2.16. The van der Waals surface area contributed by atoms with Crippen LogP contribution in [-0.2, 0) is 19.1 Å². The SMILES string of the molecule is CC/C=C\C/C=C\C/C=C\C/C=C\C/C=C\C/C=C\C/C=C\CCCCCCCCCCCCCCCC(=O)OC(CO)COC(=O)CCCCCCCCCCCCC/C=C\CCCCCCCCCC. The predicted octanol–water partition coefficient (Wildman–Crippen LogP) is 21.1. The molecule has 0 saturated carbocycles. The fraction of sp³-hybridized carbons (Fsp3) is 0.731. The normalized spacial score (nSPS) is 12.9. The highest BCUT2D eigenvalue weighted by atomic mass is 16.6. The van der Waals surface area contributed by atoms with Crippen LogP contribution in [0.15, 0.2) is 97.2 Å². The summed E-state index contributed by atoms with van der Waals surface area (Å²) in [5.74, 6) is -0.586. The molecule has 5 heteroatoms. The zero-order valence-corrected chi connectivity index (χ0v) is 47.4. The van der Waals surface area contributed by atoms with Gasteiger partial charge in [-0.25, -0.2) is 0 Å². The smallest absolute Gasteiger partial charge is 0.306 e. The Morgan fingerprint density at radius 2 is 0.597 bits per heavy atom. The Balaban J connectivity index is 3.50. The number of unbranched alkanes of at least 4 members (excludes halogenated alkanes) is 32. The van der Waals surface area contributed by atoms with E-state index in [9.17, 15) is 14.7 Å². The first-order valence-corrected chi connectivity index (χ1v) is 30.8. The first-order chi connectivity index (χ1) is 35.6. The molecule has 0 bridgehead atoms. The monoisotopic (exact) mass is 1000 g/mol. The van der Waals surface area contributed by atoms with E-state index >= 15 is 0 Å². The van der Waals surface area contributed by atoms with E-state index < -0.39 is 6.10 Å². The number of ether oxygens (including phenoxy) is 2. The Kier molecular flexibility index (Phi) is 59.4. The van der Waals surface area contributed by atoms with Gasteiger partial charge in [0.15, 0.2) is 6.10 Å². The second-order valence-electron chi connectivity index (χ2n) is 20.4. The van der Waals surface area contributed by atoms with Gasteiger partial charge in [-0.2, -0.15) is 0 Å². The molecule has 0 aromatic carbocycles. The summed E-state index contributed by atoms with van der Waals surface area (Å²) in [4.78, 5) is 24.6. The van der Waals surface area contributed by atoms with Gasteiger partial charge in [0.05, 0.1) is 6.61 Å². The van der Waals surface area contributed by atoms with E-state index in [0.29, 0.717) is 12.8 Å². The lowest BCUT2D eigenvalue weighted by molar-refractivity contribution is -0.161. The van der Waals surface area contributed by atoms with Crippen LogP contribution in [0, 0.1) is 0 Å². The van der Waals surface area contributed by atoms with Crippen LogP contribution in [-0.4, -0.2) is 36.4 Å². The lowest BCUT2D eigenvalue weighted by atomic mass is 10.0. The summed E-state index contributed by atoms with van der Waals surface area (Å²) in [5, 5.41) is 9.67. The summed E-state index contributed by atoms with van der Waals surface area (Å²) in [7, 11) is 0. The fourth-order valence-electron chi connectivity index (χ4n) is 8.77. The third-order valence-corrected chi connectivity index (χ3v) is 13.4. The third kappa shape index (κ3) is 59.4. The average Bonchev–Trinajstić information content (AvgIpc) is 3.38. The molecule has 0 aromatic heterocycles. The first kappa shape index (κ1) is 68.8. The van der Waals surface area contributed by atoms with Gasteiger partial charge in [-0.1, -0.05) is 284 Å². The second kappa shape index (κ2) is 62.1. The summed E-state index contributed by atoms with van der Waals surface area (Å²) in [6.45, 7) is 4.05. The van der Waals surface area contributed by atoms with E-state index in [2.05, 4.69) is 111 Å². The quantitative estimate of drug-likeness (QED) is 0.0373. The van der Waals surface area contributed by atoms with Gasteiger partial charge in [-0.3, -0.25) is 9.59 Å². The van der Waals surface area contributed by atoms with Crippen molar-refractivity contribution in [3.8, 4) is 0 Å². The highest BCUT2D eigenvalue weighted by Gasteiger charge is 2.16. The topological polar surface area (TPSA) is 72.8 Å². The van der Waals surface area contributed by atoms with E-state index in [1.807, 2.05) is 0 Å². The third-order valence-electron chi connectivity index (χ3n) is 13.4. The Morgan fingerprint density at radius 3 is 0.917 bits per heavy atom. The van der Waals surface area contributed by atoms with Crippen molar-refractivity contribution < 1.29 is 24.2 Å². The molecule has 0 aliphatic heterocycles. The molecule has 414 valence electrons. The maximum absolute atomic E-state index is 12.3. The summed E-state index contributed by atoms with van der Waals surface area (Å²) < 4.78 is 10.7. The van der Waals surface area contributed by atoms with Gasteiger partial charge in [0.1, 0.15) is 6.61 Å². The first-order valence-electron chi connectivity index (χ1n) is 30.8. The fourth-order valence-corrected chi connectivity index (χ4v) is 8.77. The Bertz CT molecular complexity index is 1360. The van der Waals surface area contributed by atoms with Crippen LogP contribution in [0.2, 0.25) is 0 Å². The largest absolute Gasteiger partial charge is 0.462 e. The zero-order chi connectivity index (χ0) is 52.0. The molecule has 0 saturated heterocycles. The number of allylic oxidation sites excluding steroid dienone is 16. The minimum absolute atomic E-state index is 0.0679. The number of esters is 2. The van der Waals surface area contributed by atoms with Crippen LogP contribution >= 0.6 is 0 Å². The van der Waals surface area contributed by atoms with E-state index in [1.165, 1.54) is 186 Å². The maximum atomic E-state index is 12.3. The standard InChI is InChI=1S/C67H116O5/c1-3-5-7-9-11-13-15-17-19-21-23-25-27-28-29-30-31-32-33-34-35-36-37-38-40-42-44-46-48-50-52-54-56-58-60-62-67(70)72-65(63-68)64-71-66(69)61-59-57-55-53-51-49-47-45-43-41-39-26-24-22-20-18-16-14-12-10-8-6-4-2/h5,7,11,13,17,19,22-25,28-29,31-32,34-35,65,68H,3-4,6,8-10,12,14-16,18,20-21,26-27,30,33,36-64H2,1-2H3/b7-5-,13-11-,19-17-,24-22-,25-23-,29-28-,32-31-,35-34-. The van der Waals surface area contributed by atoms with Crippen molar-refractivity contribution in [2.45, 2.75) is 302 Å². The lowest BCUT2D eigenvalue weighted by Crippen LogP contribution is -2.28. The van der Waals surface area contributed by atoms with Gasteiger partial charge in [-0.05, 0) is 96.3 Å². The average molecular weight is 1000 g/mol. The molecule has 0 amide bonds. The summed E-state index contributed by atoms with van der Waals surface area (Å²) >= 11 is 0. The number of aliphatic hydroxyl groups is 1. The number of carbonyl (C=O) groups excluding carboxylic acids is 2. The van der Waals surface area contributed by atoms with Crippen LogP contribution in [0.3, 0.4) is 0 Å². The highest BCUT2D eigenvalue weighted by molar-refractivity contribution is 5.70. The maximum Gasteiger partial charge on any atom is 0.306 e. The minimum Gasteiger partial charge on any atom is -0.462 e. The number of hydrogen-bond acceptors (Lipinski definition) is 5. The van der Waals surface area contributed by atoms with E-state index in [-0.39, 0.29) is 25.2 Å². The van der Waals surface area contributed by atoms with Gasteiger partial charge >= 0.3 is 11.9 Å². The van der Waals surface area contributed by atoms with Crippen molar-refractivity contribution in [2.24, 2.45) is 0 Å². The molecule has 5 nitrogen and oxygen atoms in total. The van der Waals surface area contributed by atoms with E-state index in [1.54, 1.807) is 0 Å². The molecular weight excluding hydrogens is 885 g/mol. The predicted molar refractivity (Wildman–Crippen MR) is 316 cm³/mol. The van der Waals surface area contributed by atoms with Crippen LogP contribution < -0.4 is 0 Å². The van der Waals surface area contributed by atoms with Crippen molar-refractivity contribution >= 4 is 11.9 Å². The lowest BCUT2D eigenvalue weighted by Gasteiger charge is -2.15. The number of carbonyl (C=O) groups is 2. The van der Waals surface area contributed by atoms with Gasteiger partial charge in [-0.15, -0.1) is 0 Å².